The van der Waals surface area contributed by atoms with Gasteiger partial charge in [0.15, 0.2) is 0 Å². The minimum absolute atomic E-state index is 0.255. The van der Waals surface area contributed by atoms with Crippen LogP contribution in [0.2, 0.25) is 0 Å². The first kappa shape index (κ1) is 26.1. The number of hydrogen-bond donors (Lipinski definition) is 1. The molecule has 1 aromatic rings. The van der Waals surface area contributed by atoms with Gasteiger partial charge < -0.3 is 15.0 Å². The largest absolute Gasteiger partial charge is 0.332 e. The van der Waals surface area contributed by atoms with Crippen LogP contribution in [-0.2, 0) is 4.79 Å². The summed E-state index contributed by atoms with van der Waals surface area (Å²) in [5, 5.41) is 3.31. The number of nitrogens with zero attached hydrogens (tertiary/aromatic N) is 4. The summed E-state index contributed by atoms with van der Waals surface area (Å²) in [6, 6.07) is 1.84. The zero-order valence-electron chi connectivity index (χ0n) is 21.5. The number of anilines is 1. The molecule has 5 rings (SSSR count). The van der Waals surface area contributed by atoms with E-state index < -0.39 is 0 Å². The second-order valence-corrected chi connectivity index (χ2v) is 10.7. The van der Waals surface area contributed by atoms with Crippen molar-refractivity contribution in [3.05, 3.63) is 18.0 Å². The highest BCUT2D eigenvalue weighted by Crippen LogP contribution is 2.34. The number of piperazine rings is 1. The SMILES string of the molecule is C1CCCCC1.CC(C)N1CC2CCC(C1)N2c1ncc(C2CNC2)cn1.CCC(C)C=O. The van der Waals surface area contributed by atoms with E-state index in [9.17, 15) is 4.79 Å². The summed E-state index contributed by atoms with van der Waals surface area (Å²) in [7, 11) is 0. The lowest BCUT2D eigenvalue weighted by molar-refractivity contribution is -0.110. The van der Waals surface area contributed by atoms with E-state index in [2.05, 4.69) is 38.9 Å². The summed E-state index contributed by atoms with van der Waals surface area (Å²) in [6.07, 6.45) is 17.6. The van der Waals surface area contributed by atoms with Gasteiger partial charge in [-0.3, -0.25) is 4.90 Å². The predicted octanol–water partition coefficient (Wildman–Crippen LogP) is 4.80. The molecule has 3 unspecified atom stereocenters. The molecule has 1 N–H and O–H groups in total. The Morgan fingerprint density at radius 3 is 1.82 bits per heavy atom. The van der Waals surface area contributed by atoms with Crippen LogP contribution in [0.25, 0.3) is 0 Å². The van der Waals surface area contributed by atoms with Gasteiger partial charge in [0.05, 0.1) is 0 Å². The van der Waals surface area contributed by atoms with E-state index in [1.165, 1.54) is 56.9 Å². The first-order valence-electron chi connectivity index (χ1n) is 13.5. The number of likely N-dealkylation sites (tertiary alicyclic amines) is 1. The van der Waals surface area contributed by atoms with Crippen molar-refractivity contribution in [1.82, 2.24) is 20.2 Å². The molecule has 4 heterocycles. The minimum Gasteiger partial charge on any atom is -0.332 e. The molecular weight excluding hydrogens is 410 g/mol. The van der Waals surface area contributed by atoms with Crippen molar-refractivity contribution in [3.63, 3.8) is 0 Å². The lowest BCUT2D eigenvalue weighted by Gasteiger charge is -2.42. The molecule has 2 bridgehead atoms. The first-order valence-corrected chi connectivity index (χ1v) is 13.5. The lowest BCUT2D eigenvalue weighted by atomic mass is 9.97. The van der Waals surface area contributed by atoms with Crippen LogP contribution in [0.15, 0.2) is 12.4 Å². The fourth-order valence-corrected chi connectivity index (χ4v) is 5.04. The Labute approximate surface area is 201 Å². The van der Waals surface area contributed by atoms with Gasteiger partial charge in [-0.05, 0) is 38.7 Å². The molecule has 3 saturated heterocycles. The fourth-order valence-electron chi connectivity index (χ4n) is 5.04. The Balaban J connectivity index is 0.000000211. The molecule has 6 heteroatoms. The van der Waals surface area contributed by atoms with Crippen LogP contribution >= 0.6 is 0 Å². The van der Waals surface area contributed by atoms with Crippen molar-refractivity contribution in [2.24, 2.45) is 5.92 Å². The molecule has 6 nitrogen and oxygen atoms in total. The molecule has 1 saturated carbocycles. The van der Waals surface area contributed by atoms with Crippen LogP contribution in [0.5, 0.6) is 0 Å². The van der Waals surface area contributed by atoms with Crippen molar-refractivity contribution < 1.29 is 4.79 Å². The Hall–Kier alpha value is -1.53. The minimum atomic E-state index is 0.255. The van der Waals surface area contributed by atoms with Crippen LogP contribution in [-0.4, -0.2) is 65.5 Å². The topological polar surface area (TPSA) is 61.4 Å². The van der Waals surface area contributed by atoms with Gasteiger partial charge in [-0.15, -0.1) is 0 Å². The fraction of sp³-hybridized carbons (Fsp3) is 0.815. The number of aromatic nitrogens is 2. The number of fused-ring (bicyclic) bond motifs is 2. The number of hydrogen-bond acceptors (Lipinski definition) is 6. The molecule has 0 aromatic carbocycles. The summed E-state index contributed by atoms with van der Waals surface area (Å²) in [5.41, 5.74) is 1.28. The number of aldehydes is 1. The Morgan fingerprint density at radius 1 is 0.970 bits per heavy atom. The van der Waals surface area contributed by atoms with Crippen molar-refractivity contribution in [2.75, 3.05) is 31.1 Å². The van der Waals surface area contributed by atoms with E-state index in [-0.39, 0.29) is 5.92 Å². The molecule has 0 spiro atoms. The van der Waals surface area contributed by atoms with Gasteiger partial charge in [-0.25, -0.2) is 9.97 Å². The zero-order valence-corrected chi connectivity index (χ0v) is 21.5. The van der Waals surface area contributed by atoms with Crippen LogP contribution < -0.4 is 10.2 Å². The Bertz CT molecular complexity index is 661. The van der Waals surface area contributed by atoms with Gasteiger partial charge in [0, 0.05) is 68.5 Å². The smallest absolute Gasteiger partial charge is 0.225 e. The van der Waals surface area contributed by atoms with Gasteiger partial charge in [0.1, 0.15) is 6.29 Å². The highest BCUT2D eigenvalue weighted by molar-refractivity contribution is 5.52. The van der Waals surface area contributed by atoms with E-state index in [0.29, 0.717) is 24.0 Å². The lowest BCUT2D eigenvalue weighted by Crippen LogP contribution is -2.56. The van der Waals surface area contributed by atoms with Crippen molar-refractivity contribution in [3.8, 4) is 0 Å². The molecule has 0 radical (unpaired) electrons. The quantitative estimate of drug-likeness (QED) is 0.641. The van der Waals surface area contributed by atoms with Gasteiger partial charge in [0.2, 0.25) is 5.95 Å². The summed E-state index contributed by atoms with van der Waals surface area (Å²) in [5.74, 6) is 1.82. The summed E-state index contributed by atoms with van der Waals surface area (Å²) < 4.78 is 0. The molecular formula is C27H47N5O. The third-order valence-corrected chi connectivity index (χ3v) is 7.76. The van der Waals surface area contributed by atoms with E-state index in [1.54, 1.807) is 0 Å². The molecule has 4 aliphatic rings. The average molecular weight is 458 g/mol. The zero-order chi connectivity index (χ0) is 23.6. The molecule has 4 fully saturated rings. The van der Waals surface area contributed by atoms with Crippen LogP contribution in [0.4, 0.5) is 5.95 Å². The summed E-state index contributed by atoms with van der Waals surface area (Å²) in [6.45, 7) is 13.0. The monoisotopic (exact) mass is 457 g/mol. The second-order valence-electron chi connectivity index (χ2n) is 10.7. The van der Waals surface area contributed by atoms with Gasteiger partial charge in [-0.2, -0.15) is 0 Å². The van der Waals surface area contributed by atoms with Crippen LogP contribution in [0.1, 0.15) is 97.0 Å². The second kappa shape index (κ2) is 13.4. The third-order valence-electron chi connectivity index (χ3n) is 7.76. The predicted molar refractivity (Wildman–Crippen MR) is 137 cm³/mol. The normalized spacial score (nSPS) is 25.9. The van der Waals surface area contributed by atoms with Crippen molar-refractivity contribution in [1.29, 1.82) is 0 Å². The molecule has 3 aliphatic heterocycles. The van der Waals surface area contributed by atoms with Gasteiger partial charge in [-0.1, -0.05) is 52.4 Å². The standard InChI is InChI=1S/C16H25N5.C6H12.C5H10O/c1-11(2)20-9-14-3-4-15(10-20)21(14)16-18-7-13(8-19-16)12-5-17-6-12;1-2-4-6-5-3-1;1-3-5(2)4-6/h7-8,11-12,14-15,17H,3-6,9-10H2,1-2H3;1-6H2;4-5H,3H2,1-2H3. The molecule has 33 heavy (non-hydrogen) atoms. The summed E-state index contributed by atoms with van der Waals surface area (Å²) in [4.78, 5) is 24.2. The highest BCUT2D eigenvalue weighted by atomic mass is 16.1. The highest BCUT2D eigenvalue weighted by Gasteiger charge is 2.41. The molecule has 186 valence electrons. The van der Waals surface area contributed by atoms with E-state index >= 15 is 0 Å². The maximum Gasteiger partial charge on any atom is 0.225 e. The average Bonchev–Trinajstić information content (AvgIpc) is 3.08. The Morgan fingerprint density at radius 2 is 1.48 bits per heavy atom. The number of carbonyl (C=O) groups excluding carboxylic acids is 1. The molecule has 3 atom stereocenters. The maximum atomic E-state index is 9.74. The summed E-state index contributed by atoms with van der Waals surface area (Å²) >= 11 is 0. The van der Waals surface area contributed by atoms with Gasteiger partial charge >= 0.3 is 0 Å². The number of nitrogens with one attached hydrogen (secondary N) is 1. The first-order chi connectivity index (χ1) is 16.0. The van der Waals surface area contributed by atoms with E-state index in [1.807, 2.05) is 26.2 Å². The van der Waals surface area contributed by atoms with Crippen LogP contribution in [0, 0.1) is 5.92 Å². The number of carbonyl (C=O) groups is 1. The Kier molecular flexibility index (Phi) is 10.6. The van der Waals surface area contributed by atoms with Crippen molar-refractivity contribution >= 4 is 12.2 Å². The molecule has 1 aromatic heterocycles. The maximum absolute atomic E-state index is 9.74. The molecule has 1 aliphatic carbocycles. The van der Waals surface area contributed by atoms with Gasteiger partial charge in [0.25, 0.3) is 0 Å². The van der Waals surface area contributed by atoms with E-state index in [4.69, 9.17) is 0 Å². The number of rotatable bonds is 5. The van der Waals surface area contributed by atoms with Crippen molar-refractivity contribution in [2.45, 2.75) is 110 Å². The van der Waals surface area contributed by atoms with E-state index in [0.717, 1.165) is 44.8 Å². The van der Waals surface area contributed by atoms with Crippen LogP contribution in [0.3, 0.4) is 0 Å². The molecule has 0 amide bonds. The third kappa shape index (κ3) is 7.48.